The molecule has 0 atom stereocenters. The van der Waals surface area contributed by atoms with Gasteiger partial charge in [0, 0.05) is 22.4 Å². The van der Waals surface area contributed by atoms with Crippen molar-refractivity contribution >= 4 is 56.0 Å². The Morgan fingerprint density at radius 2 is 1.71 bits per heavy atom. The van der Waals surface area contributed by atoms with Crippen LogP contribution in [0.2, 0.25) is 0 Å². The Balaban J connectivity index is 1.40. The van der Waals surface area contributed by atoms with Crippen molar-refractivity contribution in [3.63, 3.8) is 0 Å². The molecule has 4 aromatic rings. The number of benzene rings is 3. The maximum atomic E-state index is 12.8. The quantitative estimate of drug-likeness (QED) is 0.329. The molecule has 0 fully saturated rings. The summed E-state index contributed by atoms with van der Waals surface area (Å²) >= 11 is 3.37. The summed E-state index contributed by atoms with van der Waals surface area (Å²) in [4.78, 5) is 24.9. The molecule has 0 aliphatic rings. The van der Waals surface area contributed by atoms with E-state index in [1.807, 2.05) is 18.2 Å². The molecule has 4 rings (SSSR count). The minimum absolute atomic E-state index is 0.162. The zero-order chi connectivity index (χ0) is 21.8. The molecule has 1 heterocycles. The fourth-order valence-electron chi connectivity index (χ4n) is 3.09. The van der Waals surface area contributed by atoms with Crippen LogP contribution in [0, 0.1) is 0 Å². The predicted molar refractivity (Wildman–Crippen MR) is 123 cm³/mol. The van der Waals surface area contributed by atoms with Crippen molar-refractivity contribution in [1.82, 2.24) is 10.5 Å². The van der Waals surface area contributed by atoms with Crippen molar-refractivity contribution in [1.29, 1.82) is 0 Å². The topological polar surface area (TPSA) is 122 Å². The number of nitrogens with one attached hydrogen (secondary N) is 3. The highest BCUT2D eigenvalue weighted by atomic mass is 79.9. The molecule has 0 saturated carbocycles. The van der Waals surface area contributed by atoms with Crippen LogP contribution in [0.5, 0.6) is 0 Å². The Hall–Kier alpha value is -3.85. The molecule has 5 N–H and O–H groups in total. The number of carbonyl (C=O) groups excluding carboxylic acids is 2. The monoisotopic (exact) mass is 479 g/mol. The van der Waals surface area contributed by atoms with Gasteiger partial charge in [0.15, 0.2) is 11.4 Å². The van der Waals surface area contributed by atoms with Gasteiger partial charge in [0.25, 0.3) is 5.91 Å². The van der Waals surface area contributed by atoms with Crippen molar-refractivity contribution < 1.29 is 14.1 Å². The van der Waals surface area contributed by atoms with Gasteiger partial charge < -0.3 is 26.2 Å². The number of anilines is 3. The van der Waals surface area contributed by atoms with E-state index >= 15 is 0 Å². The predicted octanol–water partition coefficient (Wildman–Crippen LogP) is 4.75. The van der Waals surface area contributed by atoms with Crippen molar-refractivity contribution in [2.24, 2.45) is 0 Å². The van der Waals surface area contributed by atoms with Crippen LogP contribution in [0.4, 0.5) is 22.0 Å². The second-order valence-electron chi connectivity index (χ2n) is 6.72. The van der Waals surface area contributed by atoms with Gasteiger partial charge in [0.2, 0.25) is 0 Å². The van der Waals surface area contributed by atoms with Crippen LogP contribution in [0.15, 0.2) is 75.7 Å². The molecule has 0 saturated heterocycles. The molecular weight excluding hydrogens is 462 g/mol. The van der Waals surface area contributed by atoms with E-state index < -0.39 is 0 Å². The van der Waals surface area contributed by atoms with Gasteiger partial charge in [-0.1, -0.05) is 45.4 Å². The second-order valence-corrected chi connectivity index (χ2v) is 7.63. The highest BCUT2D eigenvalue weighted by molar-refractivity contribution is 9.10. The largest absolute Gasteiger partial charge is 0.380 e. The number of urea groups is 1. The van der Waals surface area contributed by atoms with Gasteiger partial charge >= 0.3 is 6.03 Å². The lowest BCUT2D eigenvalue weighted by Crippen LogP contribution is -2.28. The highest BCUT2D eigenvalue weighted by Gasteiger charge is 2.16. The lowest BCUT2D eigenvalue weighted by Gasteiger charge is -2.10. The van der Waals surface area contributed by atoms with Crippen molar-refractivity contribution in [3.8, 4) is 0 Å². The maximum absolute atomic E-state index is 12.8. The number of aromatic nitrogens is 1. The molecule has 0 aliphatic carbocycles. The molecule has 9 heteroatoms. The van der Waals surface area contributed by atoms with E-state index in [1.54, 1.807) is 48.5 Å². The third-order valence-corrected chi connectivity index (χ3v) is 4.98. The fourth-order valence-corrected chi connectivity index (χ4v) is 3.49. The average Bonchev–Trinajstić information content (AvgIpc) is 3.14. The average molecular weight is 480 g/mol. The zero-order valence-electron chi connectivity index (χ0n) is 16.2. The summed E-state index contributed by atoms with van der Waals surface area (Å²) in [6.45, 7) is 0.289. The zero-order valence-corrected chi connectivity index (χ0v) is 17.8. The first-order chi connectivity index (χ1) is 15.0. The number of nitrogens with zero attached hydrogens (tertiary/aromatic N) is 1. The van der Waals surface area contributed by atoms with Crippen LogP contribution in [-0.2, 0) is 6.54 Å². The lowest BCUT2D eigenvalue weighted by molar-refractivity contribution is 0.102. The van der Waals surface area contributed by atoms with E-state index in [0.717, 1.165) is 10.0 Å². The van der Waals surface area contributed by atoms with Gasteiger partial charge in [-0.05, 0) is 48.0 Å². The first kappa shape index (κ1) is 20.4. The first-order valence-corrected chi connectivity index (χ1v) is 10.1. The van der Waals surface area contributed by atoms with Gasteiger partial charge in [0.1, 0.15) is 0 Å². The van der Waals surface area contributed by atoms with Gasteiger partial charge in [-0.15, -0.1) is 0 Å². The van der Waals surface area contributed by atoms with E-state index in [-0.39, 0.29) is 24.3 Å². The molecule has 1 aromatic heterocycles. The number of nitrogens with two attached hydrogens (primary N) is 1. The minimum atomic E-state index is -0.335. The Morgan fingerprint density at radius 3 is 2.52 bits per heavy atom. The Bertz CT molecular complexity index is 1270. The minimum Gasteiger partial charge on any atom is -0.380 e. The van der Waals surface area contributed by atoms with E-state index in [2.05, 4.69) is 37.0 Å². The molecule has 8 nitrogen and oxygen atoms in total. The highest BCUT2D eigenvalue weighted by Crippen LogP contribution is 2.25. The Kier molecular flexibility index (Phi) is 5.85. The summed E-state index contributed by atoms with van der Waals surface area (Å²) < 4.78 is 5.98. The number of fused-ring (bicyclic) bond motifs is 1. The van der Waals surface area contributed by atoms with E-state index in [0.29, 0.717) is 27.9 Å². The van der Waals surface area contributed by atoms with E-state index in [4.69, 9.17) is 10.3 Å². The SMILES string of the molecule is Nc1noc2cccc(C(=O)Nc3cccc(CNC(=O)Nc4cccc(Br)c4)c3)c12. The van der Waals surface area contributed by atoms with Gasteiger partial charge in [-0.3, -0.25) is 4.79 Å². The van der Waals surface area contributed by atoms with E-state index in [9.17, 15) is 9.59 Å². The third-order valence-electron chi connectivity index (χ3n) is 4.49. The summed E-state index contributed by atoms with van der Waals surface area (Å²) in [5, 5.41) is 12.6. The number of hydrogen-bond acceptors (Lipinski definition) is 5. The Labute approximate surface area is 185 Å². The molecule has 3 aromatic carbocycles. The molecule has 0 aliphatic heterocycles. The van der Waals surface area contributed by atoms with Crippen LogP contribution in [0.1, 0.15) is 15.9 Å². The van der Waals surface area contributed by atoms with Crippen LogP contribution in [-0.4, -0.2) is 17.1 Å². The van der Waals surface area contributed by atoms with Gasteiger partial charge in [-0.25, -0.2) is 4.79 Å². The summed E-state index contributed by atoms with van der Waals surface area (Å²) in [7, 11) is 0. The molecule has 31 heavy (non-hydrogen) atoms. The standard InChI is InChI=1S/C22H18BrN5O3/c23-14-5-2-7-16(11-14)27-22(30)25-12-13-4-1-6-15(10-13)26-21(29)17-8-3-9-18-19(17)20(24)28-31-18/h1-11H,12H2,(H2,24,28)(H,26,29)(H2,25,27,30). The number of halogens is 1. The maximum Gasteiger partial charge on any atom is 0.319 e. The Morgan fingerprint density at radius 1 is 0.968 bits per heavy atom. The van der Waals surface area contributed by atoms with Crippen LogP contribution < -0.4 is 21.7 Å². The molecule has 156 valence electrons. The normalized spacial score (nSPS) is 10.6. The number of nitrogen functional groups attached to an aromatic ring is 1. The smallest absolute Gasteiger partial charge is 0.319 e. The molecule has 0 radical (unpaired) electrons. The fraction of sp³-hybridized carbons (Fsp3) is 0.0455. The molecule has 0 spiro atoms. The second kappa shape index (κ2) is 8.88. The number of amides is 3. The van der Waals surface area contributed by atoms with Crippen LogP contribution >= 0.6 is 15.9 Å². The van der Waals surface area contributed by atoms with Crippen molar-refractivity contribution in [2.75, 3.05) is 16.4 Å². The van der Waals surface area contributed by atoms with Crippen LogP contribution in [0.3, 0.4) is 0 Å². The number of hydrogen-bond donors (Lipinski definition) is 4. The summed E-state index contributed by atoms with van der Waals surface area (Å²) in [5.41, 5.74) is 8.73. The molecule has 0 unspecified atom stereocenters. The van der Waals surface area contributed by atoms with Crippen molar-refractivity contribution in [2.45, 2.75) is 6.54 Å². The van der Waals surface area contributed by atoms with Crippen LogP contribution in [0.25, 0.3) is 11.0 Å². The van der Waals surface area contributed by atoms with Crippen molar-refractivity contribution in [3.05, 3.63) is 82.3 Å². The van der Waals surface area contributed by atoms with Gasteiger partial charge in [-0.2, -0.15) is 0 Å². The summed E-state index contributed by atoms with van der Waals surface area (Å²) in [5.74, 6) is -0.173. The van der Waals surface area contributed by atoms with E-state index in [1.165, 1.54) is 0 Å². The summed E-state index contributed by atoms with van der Waals surface area (Å²) in [6.07, 6.45) is 0. The molecular formula is C22H18BrN5O3. The number of rotatable bonds is 5. The molecule has 0 bridgehead atoms. The number of carbonyl (C=O) groups is 2. The third kappa shape index (κ3) is 4.84. The van der Waals surface area contributed by atoms with Gasteiger partial charge in [0.05, 0.1) is 10.9 Å². The lowest BCUT2D eigenvalue weighted by atomic mass is 10.1. The summed E-state index contributed by atoms with van der Waals surface area (Å²) in [6, 6.07) is 19.2. The first-order valence-electron chi connectivity index (χ1n) is 9.34. The molecule has 3 amide bonds.